The van der Waals surface area contributed by atoms with Gasteiger partial charge in [0.15, 0.2) is 0 Å². The van der Waals surface area contributed by atoms with E-state index in [0.717, 1.165) is 4.90 Å². The van der Waals surface area contributed by atoms with Gasteiger partial charge in [-0.25, -0.2) is 9.69 Å². The van der Waals surface area contributed by atoms with Crippen molar-refractivity contribution < 1.29 is 24.2 Å². The van der Waals surface area contributed by atoms with Gasteiger partial charge in [-0.1, -0.05) is 12.2 Å². The number of hydrogen-bond acceptors (Lipinski definition) is 4. The van der Waals surface area contributed by atoms with Gasteiger partial charge in [-0.15, -0.1) is 0 Å². The molecule has 2 amide bonds. The lowest BCUT2D eigenvalue weighted by atomic mass is 9.85. The number of benzene rings is 1. The van der Waals surface area contributed by atoms with Gasteiger partial charge in [0.2, 0.25) is 11.8 Å². The Morgan fingerprint density at radius 3 is 2.00 bits per heavy atom. The van der Waals surface area contributed by atoms with Gasteiger partial charge in [-0.05, 0) is 24.3 Å². The van der Waals surface area contributed by atoms with E-state index in [2.05, 4.69) is 0 Å². The molecule has 3 heterocycles. The van der Waals surface area contributed by atoms with Crippen LogP contribution < -0.4 is 4.90 Å². The molecule has 0 saturated carbocycles. The van der Waals surface area contributed by atoms with Gasteiger partial charge in [0.25, 0.3) is 0 Å². The Hall–Kier alpha value is -2.47. The number of fused-ring (bicyclic) bond motifs is 5. The quantitative estimate of drug-likeness (QED) is 0.642. The Balaban J connectivity index is 1.69. The van der Waals surface area contributed by atoms with Crippen LogP contribution in [0.25, 0.3) is 0 Å². The zero-order chi connectivity index (χ0) is 14.7. The smallest absolute Gasteiger partial charge is 0.335 e. The highest BCUT2D eigenvalue weighted by molar-refractivity contribution is 6.23. The van der Waals surface area contributed by atoms with Crippen molar-refractivity contribution in [2.45, 2.75) is 12.2 Å². The molecule has 106 valence electrons. The minimum atomic E-state index is -1.05. The summed E-state index contributed by atoms with van der Waals surface area (Å²) in [6.07, 6.45) is 3.02. The van der Waals surface area contributed by atoms with Gasteiger partial charge in [0.05, 0.1) is 35.3 Å². The molecule has 21 heavy (non-hydrogen) atoms. The maximum atomic E-state index is 12.5. The molecule has 4 atom stereocenters. The number of aromatic carboxylic acids is 1. The fourth-order valence-electron chi connectivity index (χ4n) is 3.31. The summed E-state index contributed by atoms with van der Waals surface area (Å²) < 4.78 is 5.56. The zero-order valence-electron chi connectivity index (χ0n) is 10.8. The number of carboxylic acids is 1. The number of amides is 2. The van der Waals surface area contributed by atoms with E-state index in [1.165, 1.54) is 24.3 Å². The number of anilines is 1. The molecule has 3 aliphatic rings. The van der Waals surface area contributed by atoms with Crippen LogP contribution in [0.2, 0.25) is 0 Å². The van der Waals surface area contributed by atoms with Crippen LogP contribution in [0.3, 0.4) is 0 Å². The number of ether oxygens (including phenoxy) is 1. The van der Waals surface area contributed by atoms with Crippen molar-refractivity contribution in [2.24, 2.45) is 11.8 Å². The van der Waals surface area contributed by atoms with Crippen LogP contribution in [0.1, 0.15) is 10.4 Å². The van der Waals surface area contributed by atoms with Gasteiger partial charge < -0.3 is 9.84 Å². The molecule has 1 aromatic carbocycles. The van der Waals surface area contributed by atoms with Gasteiger partial charge in [-0.3, -0.25) is 9.59 Å². The Morgan fingerprint density at radius 2 is 1.52 bits per heavy atom. The molecular weight excluding hydrogens is 274 g/mol. The second-order valence-electron chi connectivity index (χ2n) is 5.37. The molecule has 3 aliphatic heterocycles. The first-order valence-corrected chi connectivity index (χ1v) is 6.63. The Kier molecular flexibility index (Phi) is 2.35. The third-order valence-electron chi connectivity index (χ3n) is 4.28. The molecule has 0 aromatic heterocycles. The Morgan fingerprint density at radius 1 is 1.00 bits per heavy atom. The van der Waals surface area contributed by atoms with Crippen LogP contribution in [0, 0.1) is 11.8 Å². The summed E-state index contributed by atoms with van der Waals surface area (Å²) in [6, 6.07) is 5.73. The predicted molar refractivity (Wildman–Crippen MR) is 70.7 cm³/mol. The largest absolute Gasteiger partial charge is 0.478 e. The summed E-state index contributed by atoms with van der Waals surface area (Å²) in [4.78, 5) is 37.0. The monoisotopic (exact) mass is 285 g/mol. The van der Waals surface area contributed by atoms with E-state index < -0.39 is 17.8 Å². The minimum Gasteiger partial charge on any atom is -0.478 e. The number of rotatable bonds is 2. The standard InChI is InChI=1S/C15H11NO5/c17-13-11-9-5-6-10(21-9)12(11)14(18)16(13)8-3-1-7(2-4-8)15(19)20/h1-6,9-12H,(H,19,20)/t9-,10+,11+,12-. The fourth-order valence-corrected chi connectivity index (χ4v) is 3.31. The van der Waals surface area contributed by atoms with Crippen LogP contribution in [-0.4, -0.2) is 35.1 Å². The van der Waals surface area contributed by atoms with Gasteiger partial charge in [-0.2, -0.15) is 0 Å². The number of carbonyl (C=O) groups is 3. The van der Waals surface area contributed by atoms with E-state index in [4.69, 9.17) is 9.84 Å². The number of hydrogen-bond donors (Lipinski definition) is 1. The van der Waals surface area contributed by atoms with E-state index in [9.17, 15) is 14.4 Å². The lowest BCUT2D eigenvalue weighted by molar-refractivity contribution is -0.124. The summed E-state index contributed by atoms with van der Waals surface area (Å²) in [5.74, 6) is -2.50. The van der Waals surface area contributed by atoms with Gasteiger partial charge in [0, 0.05) is 0 Å². The van der Waals surface area contributed by atoms with Crippen LogP contribution in [0.4, 0.5) is 5.69 Å². The first kappa shape index (κ1) is 12.3. The molecule has 0 radical (unpaired) electrons. The molecule has 4 rings (SSSR count). The maximum Gasteiger partial charge on any atom is 0.335 e. The van der Waals surface area contributed by atoms with Crippen molar-refractivity contribution in [1.82, 2.24) is 0 Å². The lowest BCUT2D eigenvalue weighted by Gasteiger charge is -2.17. The van der Waals surface area contributed by atoms with Crippen molar-refractivity contribution >= 4 is 23.5 Å². The maximum absolute atomic E-state index is 12.5. The normalized spacial score (nSPS) is 32.9. The highest BCUT2D eigenvalue weighted by Crippen LogP contribution is 2.46. The van der Waals surface area contributed by atoms with E-state index in [0.29, 0.717) is 5.69 Å². The third kappa shape index (κ3) is 1.53. The van der Waals surface area contributed by atoms with Crippen molar-refractivity contribution in [1.29, 1.82) is 0 Å². The predicted octanol–water partition coefficient (Wildman–Crippen LogP) is 0.828. The second-order valence-corrected chi connectivity index (χ2v) is 5.37. The first-order chi connectivity index (χ1) is 10.1. The highest BCUT2D eigenvalue weighted by Gasteiger charge is 2.60. The van der Waals surface area contributed by atoms with Crippen molar-refractivity contribution in [3.63, 3.8) is 0 Å². The summed E-state index contributed by atoms with van der Waals surface area (Å²) in [5, 5.41) is 8.88. The van der Waals surface area contributed by atoms with Crippen molar-refractivity contribution in [2.75, 3.05) is 4.90 Å². The molecule has 2 saturated heterocycles. The highest BCUT2D eigenvalue weighted by atomic mass is 16.5. The van der Waals surface area contributed by atoms with Crippen LogP contribution in [0.15, 0.2) is 36.4 Å². The molecule has 0 spiro atoms. The molecule has 1 aromatic rings. The number of carbonyl (C=O) groups excluding carboxylic acids is 2. The van der Waals surface area contributed by atoms with E-state index in [1.807, 2.05) is 12.2 Å². The molecular formula is C15H11NO5. The number of nitrogens with zero attached hydrogens (tertiary/aromatic N) is 1. The fraction of sp³-hybridized carbons (Fsp3) is 0.267. The molecule has 1 N–H and O–H groups in total. The van der Waals surface area contributed by atoms with Gasteiger partial charge >= 0.3 is 5.97 Å². The third-order valence-corrected chi connectivity index (χ3v) is 4.28. The van der Waals surface area contributed by atoms with E-state index >= 15 is 0 Å². The zero-order valence-corrected chi connectivity index (χ0v) is 10.8. The molecule has 0 aliphatic carbocycles. The Bertz CT molecular complexity index is 663. The molecule has 6 nitrogen and oxygen atoms in total. The van der Waals surface area contributed by atoms with Crippen LogP contribution in [-0.2, 0) is 14.3 Å². The molecule has 2 bridgehead atoms. The number of carboxylic acid groups (broad SMARTS) is 1. The first-order valence-electron chi connectivity index (χ1n) is 6.63. The summed E-state index contributed by atoms with van der Waals surface area (Å²) >= 11 is 0. The molecule has 2 fully saturated rings. The van der Waals surface area contributed by atoms with Crippen molar-refractivity contribution in [3.8, 4) is 0 Å². The average molecular weight is 285 g/mol. The van der Waals surface area contributed by atoms with E-state index in [1.54, 1.807) is 0 Å². The Labute approximate surface area is 119 Å². The second kappa shape index (κ2) is 4.02. The summed E-state index contributed by atoms with van der Waals surface area (Å²) in [7, 11) is 0. The lowest BCUT2D eigenvalue weighted by Crippen LogP contribution is -2.34. The van der Waals surface area contributed by atoms with E-state index in [-0.39, 0.29) is 29.6 Å². The van der Waals surface area contributed by atoms with Crippen molar-refractivity contribution in [3.05, 3.63) is 42.0 Å². The molecule has 0 unspecified atom stereocenters. The van der Waals surface area contributed by atoms with Gasteiger partial charge in [0.1, 0.15) is 0 Å². The summed E-state index contributed by atoms with van der Waals surface area (Å²) in [6.45, 7) is 0. The summed E-state index contributed by atoms with van der Waals surface area (Å²) in [5.41, 5.74) is 0.520. The van der Waals surface area contributed by atoms with Crippen LogP contribution >= 0.6 is 0 Å². The minimum absolute atomic E-state index is 0.114. The number of imide groups is 1. The SMILES string of the molecule is O=C(O)c1ccc(N2C(=O)[C@@H]3[C@H](C2=O)[C@@H]2C=C[C@H]3O2)cc1. The average Bonchev–Trinajstić information content (AvgIpc) is 3.13. The van der Waals surface area contributed by atoms with Crippen LogP contribution in [0.5, 0.6) is 0 Å². The topological polar surface area (TPSA) is 83.9 Å². The molecule has 6 heteroatoms.